The lowest BCUT2D eigenvalue weighted by atomic mass is 10.1. The third-order valence-corrected chi connectivity index (χ3v) is 5.57. The van der Waals surface area contributed by atoms with Crippen molar-refractivity contribution in [3.63, 3.8) is 0 Å². The molecule has 7 heteroatoms. The van der Waals surface area contributed by atoms with E-state index in [-0.39, 0.29) is 11.8 Å². The number of ether oxygens (including phenoxy) is 1. The number of carbonyl (C=O) groups excluding carboxylic acids is 2. The summed E-state index contributed by atoms with van der Waals surface area (Å²) in [5.41, 5.74) is 1.74. The summed E-state index contributed by atoms with van der Waals surface area (Å²) in [5.74, 6) is 0.881. The molecular weight excluding hydrogens is 402 g/mol. The zero-order chi connectivity index (χ0) is 21.3. The van der Waals surface area contributed by atoms with Crippen molar-refractivity contribution >= 4 is 29.1 Å². The molecule has 1 N–H and O–H groups in total. The normalized spacial score (nSPS) is 14.8. The first kappa shape index (κ1) is 22.1. The molecule has 0 unspecified atom stereocenters. The number of para-hydroxylation sites is 1. The van der Waals surface area contributed by atoms with Crippen LogP contribution in [-0.4, -0.2) is 61.4 Å². The zero-order valence-corrected chi connectivity index (χ0v) is 18.0. The molecule has 0 aromatic heterocycles. The van der Waals surface area contributed by atoms with Crippen LogP contribution < -0.4 is 10.1 Å². The Morgan fingerprint density at radius 3 is 2.53 bits per heavy atom. The van der Waals surface area contributed by atoms with Gasteiger partial charge in [-0.3, -0.25) is 14.5 Å². The van der Waals surface area contributed by atoms with E-state index in [0.717, 1.165) is 30.8 Å². The Morgan fingerprint density at radius 1 is 1.03 bits per heavy atom. The number of aryl methyl sites for hydroxylation is 1. The van der Waals surface area contributed by atoms with Crippen LogP contribution in [0.4, 0.5) is 5.69 Å². The van der Waals surface area contributed by atoms with Gasteiger partial charge in [0.05, 0.1) is 24.4 Å². The van der Waals surface area contributed by atoms with Gasteiger partial charge in [0, 0.05) is 32.6 Å². The van der Waals surface area contributed by atoms with Gasteiger partial charge in [-0.15, -0.1) is 0 Å². The van der Waals surface area contributed by atoms with Gasteiger partial charge in [0.2, 0.25) is 11.8 Å². The second kappa shape index (κ2) is 11.0. The highest BCUT2D eigenvalue weighted by molar-refractivity contribution is 6.33. The highest BCUT2D eigenvalue weighted by atomic mass is 35.5. The second-order valence-corrected chi connectivity index (χ2v) is 7.79. The molecule has 1 aliphatic heterocycles. The van der Waals surface area contributed by atoms with Crippen LogP contribution >= 0.6 is 11.6 Å². The van der Waals surface area contributed by atoms with Crippen LogP contribution in [0.3, 0.4) is 0 Å². The van der Waals surface area contributed by atoms with E-state index in [2.05, 4.69) is 10.2 Å². The molecular formula is C23H28ClN3O3. The first-order chi connectivity index (χ1) is 14.5. The number of rotatable bonds is 7. The third-order valence-electron chi connectivity index (χ3n) is 5.24. The molecule has 2 aromatic rings. The molecule has 0 saturated carbocycles. The van der Waals surface area contributed by atoms with E-state index in [1.54, 1.807) is 19.2 Å². The molecule has 0 radical (unpaired) electrons. The molecule has 0 aliphatic carbocycles. The number of nitrogens with zero attached hydrogens (tertiary/aromatic N) is 2. The van der Waals surface area contributed by atoms with Gasteiger partial charge in [-0.25, -0.2) is 0 Å². The quantitative estimate of drug-likeness (QED) is 0.732. The van der Waals surface area contributed by atoms with Crippen molar-refractivity contribution in [2.75, 3.05) is 45.2 Å². The molecule has 3 rings (SSSR count). The monoisotopic (exact) mass is 429 g/mol. The van der Waals surface area contributed by atoms with Crippen LogP contribution in [0.5, 0.6) is 5.75 Å². The topological polar surface area (TPSA) is 61.9 Å². The number of anilines is 1. The number of hydrogen-bond donors (Lipinski definition) is 1. The van der Waals surface area contributed by atoms with Gasteiger partial charge in [-0.2, -0.15) is 0 Å². The highest BCUT2D eigenvalue weighted by Gasteiger charge is 2.20. The zero-order valence-electron chi connectivity index (χ0n) is 17.3. The van der Waals surface area contributed by atoms with E-state index >= 15 is 0 Å². The molecule has 0 spiro atoms. The van der Waals surface area contributed by atoms with Crippen molar-refractivity contribution in [3.8, 4) is 5.75 Å². The van der Waals surface area contributed by atoms with Gasteiger partial charge in [0.15, 0.2) is 0 Å². The fourth-order valence-corrected chi connectivity index (χ4v) is 3.72. The number of carbonyl (C=O) groups is 2. The summed E-state index contributed by atoms with van der Waals surface area (Å²) >= 11 is 6.10. The van der Waals surface area contributed by atoms with E-state index in [0.29, 0.717) is 43.2 Å². The van der Waals surface area contributed by atoms with E-state index < -0.39 is 0 Å². The summed E-state index contributed by atoms with van der Waals surface area (Å²) in [5, 5.41) is 3.38. The first-order valence-corrected chi connectivity index (χ1v) is 10.6. The summed E-state index contributed by atoms with van der Waals surface area (Å²) in [6.07, 6.45) is 2.05. The Balaban J connectivity index is 1.43. The predicted molar refractivity (Wildman–Crippen MR) is 119 cm³/mol. The van der Waals surface area contributed by atoms with Crippen molar-refractivity contribution in [2.24, 2.45) is 0 Å². The van der Waals surface area contributed by atoms with Gasteiger partial charge in [-0.1, -0.05) is 35.9 Å². The summed E-state index contributed by atoms with van der Waals surface area (Å²) in [6.45, 7) is 3.13. The van der Waals surface area contributed by atoms with Crippen molar-refractivity contribution < 1.29 is 14.3 Å². The highest BCUT2D eigenvalue weighted by Crippen LogP contribution is 2.20. The summed E-state index contributed by atoms with van der Waals surface area (Å²) in [6, 6.07) is 15.0. The molecule has 30 heavy (non-hydrogen) atoms. The minimum Gasteiger partial charge on any atom is -0.497 e. The number of amides is 2. The van der Waals surface area contributed by atoms with E-state index in [9.17, 15) is 9.59 Å². The lowest BCUT2D eigenvalue weighted by molar-refractivity contribution is -0.131. The molecule has 2 amide bonds. The summed E-state index contributed by atoms with van der Waals surface area (Å²) in [7, 11) is 1.64. The Morgan fingerprint density at radius 2 is 1.80 bits per heavy atom. The molecule has 160 valence electrons. The predicted octanol–water partition coefficient (Wildman–Crippen LogP) is 3.45. The summed E-state index contributed by atoms with van der Waals surface area (Å²) < 4.78 is 5.17. The maximum atomic E-state index is 12.6. The Bertz CT molecular complexity index is 857. The number of hydrogen-bond acceptors (Lipinski definition) is 4. The standard InChI is InChI=1S/C23H28ClN3O3/c1-30-19-10-7-18(8-11-19)9-12-23(29)27-14-4-13-26(15-16-27)17-22(28)25-21-6-3-2-5-20(21)24/h2-3,5-8,10-11H,4,9,12-17H2,1H3,(H,25,28). The fraction of sp³-hybridized carbons (Fsp3) is 0.391. The van der Waals surface area contributed by atoms with E-state index in [1.807, 2.05) is 41.3 Å². The molecule has 2 aromatic carbocycles. The minimum atomic E-state index is -0.0950. The van der Waals surface area contributed by atoms with Crippen molar-refractivity contribution in [1.82, 2.24) is 9.80 Å². The van der Waals surface area contributed by atoms with Gasteiger partial charge in [0.1, 0.15) is 5.75 Å². The Labute approximate surface area is 182 Å². The molecule has 0 bridgehead atoms. The molecule has 0 atom stereocenters. The summed E-state index contributed by atoms with van der Waals surface area (Å²) in [4.78, 5) is 29.0. The van der Waals surface area contributed by atoms with Gasteiger partial charge in [-0.05, 0) is 42.7 Å². The van der Waals surface area contributed by atoms with Crippen molar-refractivity contribution in [1.29, 1.82) is 0 Å². The largest absolute Gasteiger partial charge is 0.497 e. The Hall–Kier alpha value is -2.57. The van der Waals surface area contributed by atoms with E-state index in [4.69, 9.17) is 16.3 Å². The third kappa shape index (κ3) is 6.47. The number of nitrogens with one attached hydrogen (secondary N) is 1. The Kier molecular flexibility index (Phi) is 8.11. The molecule has 1 heterocycles. The fourth-order valence-electron chi connectivity index (χ4n) is 3.54. The van der Waals surface area contributed by atoms with Gasteiger partial charge >= 0.3 is 0 Å². The van der Waals surface area contributed by atoms with Crippen LogP contribution in [0, 0.1) is 0 Å². The van der Waals surface area contributed by atoms with E-state index in [1.165, 1.54) is 0 Å². The molecule has 1 saturated heterocycles. The minimum absolute atomic E-state index is 0.0950. The number of halogens is 1. The molecule has 6 nitrogen and oxygen atoms in total. The lowest BCUT2D eigenvalue weighted by Gasteiger charge is -2.22. The van der Waals surface area contributed by atoms with Crippen LogP contribution in [0.25, 0.3) is 0 Å². The van der Waals surface area contributed by atoms with Gasteiger partial charge in [0.25, 0.3) is 0 Å². The van der Waals surface area contributed by atoms with Crippen LogP contribution in [0.1, 0.15) is 18.4 Å². The van der Waals surface area contributed by atoms with Crippen LogP contribution in [0.2, 0.25) is 5.02 Å². The van der Waals surface area contributed by atoms with Crippen LogP contribution in [0.15, 0.2) is 48.5 Å². The van der Waals surface area contributed by atoms with Gasteiger partial charge < -0.3 is 15.0 Å². The first-order valence-electron chi connectivity index (χ1n) is 10.2. The van der Waals surface area contributed by atoms with Crippen molar-refractivity contribution in [2.45, 2.75) is 19.3 Å². The number of methoxy groups -OCH3 is 1. The average Bonchev–Trinajstić information content (AvgIpc) is 2.99. The maximum Gasteiger partial charge on any atom is 0.238 e. The smallest absolute Gasteiger partial charge is 0.238 e. The molecule has 1 fully saturated rings. The lowest BCUT2D eigenvalue weighted by Crippen LogP contribution is -2.38. The molecule has 1 aliphatic rings. The van der Waals surface area contributed by atoms with Crippen LogP contribution in [-0.2, 0) is 16.0 Å². The second-order valence-electron chi connectivity index (χ2n) is 7.39. The number of benzene rings is 2. The maximum absolute atomic E-state index is 12.6. The SMILES string of the molecule is COc1ccc(CCC(=O)N2CCCN(CC(=O)Nc3ccccc3Cl)CC2)cc1. The van der Waals surface area contributed by atoms with Crippen molar-refractivity contribution in [3.05, 3.63) is 59.1 Å². The average molecular weight is 430 g/mol.